The van der Waals surface area contributed by atoms with Gasteiger partial charge in [-0.05, 0) is 72.5 Å². The van der Waals surface area contributed by atoms with Gasteiger partial charge in [0.15, 0.2) is 0 Å². The number of nitrogens with zero attached hydrogens (tertiary/aromatic N) is 1. The van der Waals surface area contributed by atoms with Gasteiger partial charge < -0.3 is 15.1 Å². The molecule has 0 saturated carbocycles. The first kappa shape index (κ1) is 20.0. The molecule has 2 unspecified atom stereocenters. The Balaban J connectivity index is 1.55. The molecule has 0 bridgehead atoms. The van der Waals surface area contributed by atoms with Crippen molar-refractivity contribution in [2.75, 3.05) is 4.90 Å². The number of anilines is 1. The van der Waals surface area contributed by atoms with Crippen LogP contribution in [0.4, 0.5) is 14.5 Å². The van der Waals surface area contributed by atoms with Gasteiger partial charge in [-0.25, -0.2) is 8.78 Å². The van der Waals surface area contributed by atoms with Crippen LogP contribution < -0.4 is 4.90 Å². The van der Waals surface area contributed by atoms with Crippen molar-refractivity contribution in [2.24, 2.45) is 5.92 Å². The number of benzene rings is 3. The second kappa shape index (κ2) is 8.24. The van der Waals surface area contributed by atoms with E-state index in [2.05, 4.69) is 0 Å². The van der Waals surface area contributed by atoms with E-state index >= 15 is 0 Å². The molecule has 2 N–H and O–H groups in total. The first-order valence-electron chi connectivity index (χ1n) is 9.75. The Morgan fingerprint density at radius 3 is 2.03 bits per heavy atom. The van der Waals surface area contributed by atoms with Crippen molar-refractivity contribution in [1.29, 1.82) is 0 Å². The summed E-state index contributed by atoms with van der Waals surface area (Å²) in [5.41, 5.74) is 2.03. The summed E-state index contributed by atoms with van der Waals surface area (Å²) in [5.74, 6) is -1.10. The van der Waals surface area contributed by atoms with Crippen LogP contribution in [0, 0.1) is 17.6 Å². The number of hydrogen-bond donors (Lipinski definition) is 2. The lowest BCUT2D eigenvalue weighted by Gasteiger charge is -2.48. The van der Waals surface area contributed by atoms with E-state index in [0.29, 0.717) is 24.1 Å². The first-order chi connectivity index (χ1) is 14.4. The van der Waals surface area contributed by atoms with E-state index < -0.39 is 6.10 Å². The number of aliphatic hydroxyl groups excluding tert-OH is 1. The molecular formula is C24H21F2NO3. The van der Waals surface area contributed by atoms with Crippen LogP contribution in [-0.2, 0) is 4.79 Å². The monoisotopic (exact) mass is 409 g/mol. The molecule has 0 aromatic heterocycles. The summed E-state index contributed by atoms with van der Waals surface area (Å²) in [6, 6.07) is 17.7. The van der Waals surface area contributed by atoms with Gasteiger partial charge in [0.25, 0.3) is 0 Å². The number of amides is 1. The molecule has 1 saturated heterocycles. The van der Waals surface area contributed by atoms with Gasteiger partial charge in [-0.15, -0.1) is 0 Å². The highest BCUT2D eigenvalue weighted by molar-refractivity contribution is 6.03. The van der Waals surface area contributed by atoms with Crippen LogP contribution in [0.1, 0.15) is 36.1 Å². The zero-order valence-corrected chi connectivity index (χ0v) is 16.1. The van der Waals surface area contributed by atoms with Crippen molar-refractivity contribution in [1.82, 2.24) is 0 Å². The van der Waals surface area contributed by atoms with Gasteiger partial charge in [-0.1, -0.05) is 24.3 Å². The summed E-state index contributed by atoms with van der Waals surface area (Å²) in [7, 11) is 0. The molecule has 4 nitrogen and oxygen atoms in total. The Kier molecular flexibility index (Phi) is 5.50. The van der Waals surface area contributed by atoms with E-state index in [4.69, 9.17) is 0 Å². The smallest absolute Gasteiger partial charge is 0.233 e. The number of carbonyl (C=O) groups excluding carboxylic acids is 1. The normalized spacial score (nSPS) is 19.4. The van der Waals surface area contributed by atoms with Crippen LogP contribution >= 0.6 is 0 Å². The van der Waals surface area contributed by atoms with Crippen molar-refractivity contribution >= 4 is 11.6 Å². The van der Waals surface area contributed by atoms with Crippen molar-refractivity contribution in [2.45, 2.75) is 25.0 Å². The molecule has 4 rings (SSSR count). The third kappa shape index (κ3) is 3.91. The van der Waals surface area contributed by atoms with E-state index in [9.17, 15) is 23.8 Å². The van der Waals surface area contributed by atoms with Crippen LogP contribution in [0.2, 0.25) is 0 Å². The fraction of sp³-hybridized carbons (Fsp3) is 0.208. The first-order valence-corrected chi connectivity index (χ1v) is 9.75. The standard InChI is InChI=1S/C24H21F2NO3/c25-17-5-1-15(2-6-17)22(29)14-13-21-23(16-3-11-20(28)12-4-16)27(24(21)30)19-9-7-18(26)8-10-19/h1-12,21-23,28-29H,13-14H2/t21?,22-,23?/m1/s1. The van der Waals surface area contributed by atoms with E-state index in [1.807, 2.05) is 0 Å². The number of hydrogen-bond acceptors (Lipinski definition) is 3. The largest absolute Gasteiger partial charge is 0.508 e. The van der Waals surface area contributed by atoms with Crippen LogP contribution in [0.15, 0.2) is 72.8 Å². The highest BCUT2D eigenvalue weighted by Gasteiger charge is 2.48. The van der Waals surface area contributed by atoms with Gasteiger partial charge in [-0.3, -0.25) is 4.79 Å². The number of aliphatic hydroxyl groups is 1. The van der Waals surface area contributed by atoms with E-state index in [1.165, 1.54) is 36.4 Å². The number of phenols is 1. The molecule has 1 amide bonds. The van der Waals surface area contributed by atoms with Gasteiger partial charge in [0, 0.05) is 5.69 Å². The molecule has 0 radical (unpaired) electrons. The maximum Gasteiger partial charge on any atom is 0.233 e. The maximum absolute atomic E-state index is 13.3. The number of halogens is 2. The van der Waals surface area contributed by atoms with Crippen molar-refractivity contribution in [3.63, 3.8) is 0 Å². The second-order valence-electron chi connectivity index (χ2n) is 7.47. The molecule has 30 heavy (non-hydrogen) atoms. The summed E-state index contributed by atoms with van der Waals surface area (Å²) in [4.78, 5) is 14.6. The van der Waals surface area contributed by atoms with Crippen LogP contribution in [0.5, 0.6) is 5.75 Å². The van der Waals surface area contributed by atoms with Gasteiger partial charge in [0.2, 0.25) is 5.91 Å². The molecule has 6 heteroatoms. The Hall–Kier alpha value is -3.25. The average molecular weight is 409 g/mol. The zero-order chi connectivity index (χ0) is 21.3. The van der Waals surface area contributed by atoms with E-state index in [1.54, 1.807) is 41.3 Å². The Bertz CT molecular complexity index is 1020. The Morgan fingerprint density at radius 2 is 1.43 bits per heavy atom. The minimum Gasteiger partial charge on any atom is -0.508 e. The number of rotatable bonds is 6. The fourth-order valence-electron chi connectivity index (χ4n) is 3.96. The SMILES string of the molecule is O=C1C(CC[C@@H](O)c2ccc(F)cc2)C(c2ccc(O)cc2)N1c1ccc(F)cc1. The molecule has 1 aliphatic rings. The predicted molar refractivity (Wildman–Crippen MR) is 109 cm³/mol. The zero-order valence-electron chi connectivity index (χ0n) is 16.1. The highest BCUT2D eigenvalue weighted by Crippen LogP contribution is 2.46. The van der Waals surface area contributed by atoms with Gasteiger partial charge in [0.1, 0.15) is 17.4 Å². The van der Waals surface area contributed by atoms with Gasteiger partial charge >= 0.3 is 0 Å². The van der Waals surface area contributed by atoms with Crippen LogP contribution in [0.3, 0.4) is 0 Å². The maximum atomic E-state index is 13.3. The second-order valence-corrected chi connectivity index (χ2v) is 7.47. The summed E-state index contributed by atoms with van der Waals surface area (Å²) >= 11 is 0. The van der Waals surface area contributed by atoms with E-state index in [-0.39, 0.29) is 35.3 Å². The Labute approximate surface area is 173 Å². The molecule has 0 spiro atoms. The summed E-state index contributed by atoms with van der Waals surface area (Å²) in [6.07, 6.45) is -0.0344. The lowest BCUT2D eigenvalue weighted by molar-refractivity contribution is -0.131. The lowest BCUT2D eigenvalue weighted by atomic mass is 9.78. The van der Waals surface area contributed by atoms with Crippen LogP contribution in [0.25, 0.3) is 0 Å². The molecule has 1 aliphatic heterocycles. The third-order valence-electron chi connectivity index (χ3n) is 5.56. The number of carbonyl (C=O) groups is 1. The number of aromatic hydroxyl groups is 1. The number of β-lactam (4-membered cyclic amide) rings is 1. The van der Waals surface area contributed by atoms with Crippen molar-refractivity contribution < 1.29 is 23.8 Å². The molecule has 1 heterocycles. The van der Waals surface area contributed by atoms with Gasteiger partial charge in [-0.2, -0.15) is 0 Å². The van der Waals surface area contributed by atoms with Crippen LogP contribution in [-0.4, -0.2) is 16.1 Å². The minimum absolute atomic E-state index is 0.106. The van der Waals surface area contributed by atoms with Gasteiger partial charge in [0.05, 0.1) is 18.1 Å². The number of phenolic OH excluding ortho intramolecular Hbond substituents is 1. The molecule has 154 valence electrons. The molecule has 3 aromatic rings. The third-order valence-corrected chi connectivity index (χ3v) is 5.56. The summed E-state index contributed by atoms with van der Waals surface area (Å²) in [6.45, 7) is 0. The van der Waals surface area contributed by atoms with Crippen molar-refractivity contribution in [3.8, 4) is 5.75 Å². The summed E-state index contributed by atoms with van der Waals surface area (Å²) in [5, 5.41) is 20.1. The quantitative estimate of drug-likeness (QED) is 0.570. The lowest BCUT2D eigenvalue weighted by Crippen LogP contribution is -2.55. The molecule has 1 fully saturated rings. The highest BCUT2D eigenvalue weighted by atomic mass is 19.1. The molecular weight excluding hydrogens is 388 g/mol. The topological polar surface area (TPSA) is 60.8 Å². The fourth-order valence-corrected chi connectivity index (χ4v) is 3.96. The molecule has 0 aliphatic carbocycles. The summed E-state index contributed by atoms with van der Waals surface area (Å²) < 4.78 is 26.4. The average Bonchev–Trinajstić information content (AvgIpc) is 2.74. The minimum atomic E-state index is -0.807. The Morgan fingerprint density at radius 1 is 0.867 bits per heavy atom. The molecule has 3 atom stereocenters. The predicted octanol–water partition coefficient (Wildman–Crippen LogP) is 4.89. The van der Waals surface area contributed by atoms with E-state index in [0.717, 1.165) is 5.56 Å². The molecule has 3 aromatic carbocycles. The van der Waals surface area contributed by atoms with Crippen molar-refractivity contribution in [3.05, 3.63) is 95.6 Å².